The lowest BCUT2D eigenvalue weighted by atomic mass is 10.0. The van der Waals surface area contributed by atoms with E-state index in [2.05, 4.69) is 0 Å². The number of hydrogen-bond donors (Lipinski definition) is 0. The predicted octanol–water partition coefficient (Wildman–Crippen LogP) is 1.50. The Labute approximate surface area is 122 Å². The molecule has 0 spiro atoms. The van der Waals surface area contributed by atoms with Gasteiger partial charge in [0.2, 0.25) is 10.0 Å². The van der Waals surface area contributed by atoms with Crippen LogP contribution in [0, 0.1) is 23.0 Å². The maximum atomic E-state index is 12.6. The van der Waals surface area contributed by atoms with Crippen LogP contribution < -0.4 is 0 Å². The minimum atomic E-state index is -3.82. The lowest BCUT2D eigenvalue weighted by Gasteiger charge is -2.29. The highest BCUT2D eigenvalue weighted by atomic mass is 32.2. The molecule has 1 aliphatic heterocycles. The summed E-state index contributed by atoms with van der Waals surface area (Å²) in [4.78, 5) is 21.0. The number of carbonyl (C=O) groups is 1. The number of rotatable bonds is 4. The minimum Gasteiger partial charge on any atom is -0.303 e. The second kappa shape index (κ2) is 5.90. The zero-order valence-electron chi connectivity index (χ0n) is 11.6. The summed E-state index contributed by atoms with van der Waals surface area (Å²) in [5.74, 6) is -0.312. The first-order chi connectivity index (χ1) is 9.86. The van der Waals surface area contributed by atoms with Crippen LogP contribution in [0.5, 0.6) is 0 Å². The van der Waals surface area contributed by atoms with Crippen molar-refractivity contribution in [3.8, 4) is 0 Å². The Bertz CT molecular complexity index is 671. The van der Waals surface area contributed by atoms with E-state index < -0.39 is 14.9 Å². The average Bonchev–Trinajstić information content (AvgIpc) is 2.47. The lowest BCUT2D eigenvalue weighted by Crippen LogP contribution is -2.40. The molecule has 0 aliphatic carbocycles. The van der Waals surface area contributed by atoms with Crippen LogP contribution in [0.4, 0.5) is 5.69 Å². The average molecular weight is 312 g/mol. The van der Waals surface area contributed by atoms with Crippen LogP contribution in [-0.2, 0) is 14.8 Å². The maximum Gasteiger partial charge on any atom is 0.270 e. The molecule has 2 rings (SSSR count). The zero-order chi connectivity index (χ0) is 15.6. The van der Waals surface area contributed by atoms with Gasteiger partial charge in [0, 0.05) is 31.1 Å². The summed E-state index contributed by atoms with van der Waals surface area (Å²) >= 11 is 0. The van der Waals surface area contributed by atoms with Crippen LogP contribution in [0.2, 0.25) is 0 Å². The number of benzene rings is 1. The van der Waals surface area contributed by atoms with E-state index in [1.54, 1.807) is 6.92 Å². The van der Waals surface area contributed by atoms with Gasteiger partial charge >= 0.3 is 0 Å². The van der Waals surface area contributed by atoms with E-state index >= 15 is 0 Å². The molecule has 1 unspecified atom stereocenters. The Morgan fingerprint density at radius 3 is 2.76 bits per heavy atom. The SMILES string of the molecule is Cc1ccc([N+](=O)[O-])cc1S(=O)(=O)N1CCCC(C=O)C1. The first-order valence-electron chi connectivity index (χ1n) is 6.56. The van der Waals surface area contributed by atoms with Crippen molar-refractivity contribution < 1.29 is 18.1 Å². The van der Waals surface area contributed by atoms with E-state index in [0.717, 1.165) is 12.4 Å². The molecule has 1 aromatic carbocycles. The Morgan fingerprint density at radius 1 is 1.43 bits per heavy atom. The molecule has 7 nitrogen and oxygen atoms in total. The van der Waals surface area contributed by atoms with Gasteiger partial charge in [0.15, 0.2) is 0 Å². The molecule has 0 amide bonds. The number of nitrogens with zero attached hydrogens (tertiary/aromatic N) is 2. The van der Waals surface area contributed by atoms with Gasteiger partial charge in [-0.05, 0) is 25.3 Å². The third kappa shape index (κ3) is 3.11. The normalized spacial score (nSPS) is 20.1. The van der Waals surface area contributed by atoms with Crippen molar-refractivity contribution in [2.24, 2.45) is 5.92 Å². The molecule has 0 saturated carbocycles. The largest absolute Gasteiger partial charge is 0.303 e. The molecular weight excluding hydrogens is 296 g/mol. The molecule has 0 aromatic heterocycles. The fourth-order valence-electron chi connectivity index (χ4n) is 2.42. The van der Waals surface area contributed by atoms with Crippen molar-refractivity contribution >= 4 is 22.0 Å². The van der Waals surface area contributed by atoms with Crippen LogP contribution in [-0.4, -0.2) is 37.0 Å². The van der Waals surface area contributed by atoms with E-state index in [-0.39, 0.29) is 23.0 Å². The zero-order valence-corrected chi connectivity index (χ0v) is 12.4. The second-order valence-electron chi connectivity index (χ2n) is 5.11. The number of non-ortho nitro benzene ring substituents is 1. The topological polar surface area (TPSA) is 97.6 Å². The van der Waals surface area contributed by atoms with Gasteiger partial charge in [-0.3, -0.25) is 10.1 Å². The predicted molar refractivity (Wildman–Crippen MR) is 75.4 cm³/mol. The molecule has 1 heterocycles. The number of aldehydes is 1. The summed E-state index contributed by atoms with van der Waals surface area (Å²) in [5.41, 5.74) is 0.192. The summed E-state index contributed by atoms with van der Waals surface area (Å²) in [5, 5.41) is 10.8. The Balaban J connectivity index is 2.41. The summed E-state index contributed by atoms with van der Waals surface area (Å²) in [6.45, 7) is 2.06. The molecular formula is C13H16N2O5S. The van der Waals surface area contributed by atoms with Crippen molar-refractivity contribution in [3.63, 3.8) is 0 Å². The van der Waals surface area contributed by atoms with Crippen molar-refractivity contribution in [2.75, 3.05) is 13.1 Å². The number of nitro groups is 1. The van der Waals surface area contributed by atoms with Crippen molar-refractivity contribution in [2.45, 2.75) is 24.7 Å². The first-order valence-corrected chi connectivity index (χ1v) is 8.00. The summed E-state index contributed by atoms with van der Waals surface area (Å²) in [6.07, 6.45) is 2.04. The molecule has 8 heteroatoms. The monoisotopic (exact) mass is 312 g/mol. The van der Waals surface area contributed by atoms with Crippen LogP contribution >= 0.6 is 0 Å². The highest BCUT2D eigenvalue weighted by molar-refractivity contribution is 7.89. The van der Waals surface area contributed by atoms with Crippen LogP contribution in [0.1, 0.15) is 18.4 Å². The van der Waals surface area contributed by atoms with E-state index in [4.69, 9.17) is 0 Å². The van der Waals surface area contributed by atoms with Crippen LogP contribution in [0.3, 0.4) is 0 Å². The molecule has 21 heavy (non-hydrogen) atoms. The first kappa shape index (κ1) is 15.6. The van der Waals surface area contributed by atoms with Gasteiger partial charge in [-0.1, -0.05) is 6.07 Å². The smallest absolute Gasteiger partial charge is 0.270 e. The third-order valence-corrected chi connectivity index (χ3v) is 5.62. The molecule has 1 saturated heterocycles. The Kier molecular flexibility index (Phi) is 4.38. The molecule has 0 bridgehead atoms. The molecule has 114 valence electrons. The summed E-state index contributed by atoms with van der Waals surface area (Å²) in [6, 6.07) is 3.78. The number of sulfonamides is 1. The van der Waals surface area contributed by atoms with Crippen LogP contribution in [0.15, 0.2) is 23.1 Å². The van der Waals surface area contributed by atoms with Gasteiger partial charge in [0.25, 0.3) is 5.69 Å². The van der Waals surface area contributed by atoms with Crippen molar-refractivity contribution in [3.05, 3.63) is 33.9 Å². The lowest BCUT2D eigenvalue weighted by molar-refractivity contribution is -0.385. The highest BCUT2D eigenvalue weighted by Crippen LogP contribution is 2.27. The van der Waals surface area contributed by atoms with Gasteiger partial charge in [0.05, 0.1) is 9.82 Å². The number of hydrogen-bond acceptors (Lipinski definition) is 5. The Hall–Kier alpha value is -1.80. The fraction of sp³-hybridized carbons (Fsp3) is 0.462. The van der Waals surface area contributed by atoms with Gasteiger partial charge in [0.1, 0.15) is 6.29 Å². The quantitative estimate of drug-likeness (QED) is 0.477. The van der Waals surface area contributed by atoms with E-state index in [1.807, 2.05) is 0 Å². The highest BCUT2D eigenvalue weighted by Gasteiger charge is 2.32. The van der Waals surface area contributed by atoms with E-state index in [9.17, 15) is 23.3 Å². The number of carbonyl (C=O) groups excluding carboxylic acids is 1. The number of piperidine rings is 1. The van der Waals surface area contributed by atoms with Crippen molar-refractivity contribution in [1.82, 2.24) is 4.31 Å². The fourth-order valence-corrected chi connectivity index (χ4v) is 4.20. The maximum absolute atomic E-state index is 12.6. The standard InChI is InChI=1S/C13H16N2O5S/c1-10-4-5-12(15(17)18)7-13(10)21(19,20)14-6-2-3-11(8-14)9-16/h4-5,7,9,11H,2-3,6,8H2,1H3. The molecule has 1 aromatic rings. The number of aryl methyl sites for hydroxylation is 1. The number of nitro benzene ring substituents is 1. The van der Waals surface area contributed by atoms with Gasteiger partial charge < -0.3 is 4.79 Å². The van der Waals surface area contributed by atoms with Crippen molar-refractivity contribution in [1.29, 1.82) is 0 Å². The molecule has 1 fully saturated rings. The molecule has 0 N–H and O–H groups in total. The minimum absolute atomic E-state index is 0.0664. The summed E-state index contributed by atoms with van der Waals surface area (Å²) in [7, 11) is -3.82. The van der Waals surface area contributed by atoms with Gasteiger partial charge in [-0.15, -0.1) is 0 Å². The van der Waals surface area contributed by atoms with E-state index in [1.165, 1.54) is 16.4 Å². The molecule has 0 radical (unpaired) electrons. The van der Waals surface area contributed by atoms with Crippen LogP contribution in [0.25, 0.3) is 0 Å². The van der Waals surface area contributed by atoms with Gasteiger partial charge in [-0.2, -0.15) is 4.31 Å². The second-order valence-corrected chi connectivity index (χ2v) is 7.01. The molecule has 1 aliphatic rings. The summed E-state index contributed by atoms with van der Waals surface area (Å²) < 4.78 is 26.5. The van der Waals surface area contributed by atoms with E-state index in [0.29, 0.717) is 24.9 Å². The van der Waals surface area contributed by atoms with Gasteiger partial charge in [-0.25, -0.2) is 8.42 Å². The molecule has 1 atom stereocenters. The Morgan fingerprint density at radius 2 is 2.14 bits per heavy atom. The third-order valence-electron chi connectivity index (χ3n) is 3.61.